The molecule has 0 atom stereocenters. The predicted molar refractivity (Wildman–Crippen MR) is 68.3 cm³/mol. The summed E-state index contributed by atoms with van der Waals surface area (Å²) < 4.78 is 18.4. The Hall–Kier alpha value is -1.46. The Labute approximate surface area is 111 Å². The Kier molecular flexibility index (Phi) is 4.50. The average molecular weight is 267 g/mol. The second-order valence-corrected chi connectivity index (χ2v) is 4.81. The maximum atomic E-state index is 13.7. The second kappa shape index (κ2) is 6.12. The van der Waals surface area contributed by atoms with Gasteiger partial charge in [0.05, 0.1) is 18.8 Å². The molecule has 19 heavy (non-hydrogen) atoms. The van der Waals surface area contributed by atoms with Crippen LogP contribution in [0.2, 0.25) is 0 Å². The van der Waals surface area contributed by atoms with E-state index < -0.39 is 5.97 Å². The van der Waals surface area contributed by atoms with Gasteiger partial charge in [0.15, 0.2) is 0 Å². The first-order valence-corrected chi connectivity index (χ1v) is 6.37. The van der Waals surface area contributed by atoms with Crippen molar-refractivity contribution in [1.29, 1.82) is 0 Å². The van der Waals surface area contributed by atoms with E-state index in [4.69, 9.17) is 0 Å². The number of hydrogen-bond donors (Lipinski definition) is 1. The minimum Gasteiger partial charge on any atom is -0.465 e. The molecule has 1 N–H and O–H groups in total. The van der Waals surface area contributed by atoms with Crippen molar-refractivity contribution in [3.05, 3.63) is 35.1 Å². The van der Waals surface area contributed by atoms with Gasteiger partial charge in [0.2, 0.25) is 0 Å². The highest BCUT2D eigenvalue weighted by Gasteiger charge is 2.19. The first-order chi connectivity index (χ1) is 9.10. The van der Waals surface area contributed by atoms with Crippen molar-refractivity contribution >= 4 is 5.97 Å². The lowest BCUT2D eigenvalue weighted by atomic mass is 10.1. The normalized spacial score (nSPS) is 17.4. The van der Waals surface area contributed by atoms with Crippen LogP contribution in [0.5, 0.6) is 0 Å². The van der Waals surface area contributed by atoms with Crippen molar-refractivity contribution in [3.8, 4) is 0 Å². The molecule has 0 aromatic heterocycles. The fraction of sp³-hybridized carbons (Fsp3) is 0.500. The van der Waals surface area contributed by atoms with Crippen molar-refractivity contribution in [1.82, 2.24) is 4.90 Å². The number of carbonyl (C=O) groups is 1. The Morgan fingerprint density at radius 3 is 2.79 bits per heavy atom. The Balaban J connectivity index is 2.08. The smallest absolute Gasteiger partial charge is 0.337 e. The number of piperidine rings is 1. The maximum Gasteiger partial charge on any atom is 0.337 e. The molecule has 1 saturated heterocycles. The summed E-state index contributed by atoms with van der Waals surface area (Å²) in [5.41, 5.74) is 0.843. The van der Waals surface area contributed by atoms with Gasteiger partial charge in [0, 0.05) is 25.2 Å². The van der Waals surface area contributed by atoms with E-state index in [2.05, 4.69) is 9.64 Å². The third kappa shape index (κ3) is 3.52. The zero-order valence-electron chi connectivity index (χ0n) is 10.9. The summed E-state index contributed by atoms with van der Waals surface area (Å²) in [5.74, 6) is -0.783. The van der Waals surface area contributed by atoms with Crippen LogP contribution < -0.4 is 0 Å². The van der Waals surface area contributed by atoms with Crippen molar-refractivity contribution in [3.63, 3.8) is 0 Å². The Morgan fingerprint density at radius 2 is 2.16 bits per heavy atom. The number of hydrogen-bond acceptors (Lipinski definition) is 4. The summed E-state index contributed by atoms with van der Waals surface area (Å²) in [7, 11) is 1.30. The fourth-order valence-electron chi connectivity index (χ4n) is 2.26. The van der Waals surface area contributed by atoms with E-state index in [-0.39, 0.29) is 11.9 Å². The van der Waals surface area contributed by atoms with E-state index in [9.17, 15) is 14.3 Å². The van der Waals surface area contributed by atoms with Crippen molar-refractivity contribution in [2.75, 3.05) is 20.2 Å². The SMILES string of the molecule is COC(=O)c1ccc(F)c(CN2CCC(O)CC2)c1. The highest BCUT2D eigenvalue weighted by molar-refractivity contribution is 5.89. The molecular formula is C14H18FNO3. The quantitative estimate of drug-likeness (QED) is 0.845. The minimum atomic E-state index is -0.463. The molecular weight excluding hydrogens is 249 g/mol. The highest BCUT2D eigenvalue weighted by Crippen LogP contribution is 2.17. The zero-order chi connectivity index (χ0) is 13.8. The molecule has 0 amide bonds. The summed E-state index contributed by atoms with van der Waals surface area (Å²) in [6, 6.07) is 4.25. The summed E-state index contributed by atoms with van der Waals surface area (Å²) in [5, 5.41) is 9.43. The average Bonchev–Trinajstić information content (AvgIpc) is 2.43. The lowest BCUT2D eigenvalue weighted by Gasteiger charge is -2.29. The van der Waals surface area contributed by atoms with Crippen LogP contribution in [-0.2, 0) is 11.3 Å². The van der Waals surface area contributed by atoms with Gasteiger partial charge in [-0.15, -0.1) is 0 Å². The van der Waals surface area contributed by atoms with E-state index in [1.807, 2.05) is 0 Å². The van der Waals surface area contributed by atoms with Gasteiger partial charge in [-0.25, -0.2) is 9.18 Å². The van der Waals surface area contributed by atoms with Gasteiger partial charge in [-0.1, -0.05) is 0 Å². The standard InChI is InChI=1S/C14H18FNO3/c1-19-14(18)10-2-3-13(15)11(8-10)9-16-6-4-12(17)5-7-16/h2-3,8,12,17H,4-7,9H2,1H3. The fourth-order valence-corrected chi connectivity index (χ4v) is 2.26. The lowest BCUT2D eigenvalue weighted by molar-refractivity contribution is 0.0600. The van der Waals surface area contributed by atoms with Gasteiger partial charge in [-0.2, -0.15) is 0 Å². The third-order valence-electron chi connectivity index (χ3n) is 3.42. The number of halogens is 1. The van der Waals surface area contributed by atoms with Crippen molar-refractivity contribution in [2.24, 2.45) is 0 Å². The van der Waals surface area contributed by atoms with Gasteiger partial charge >= 0.3 is 5.97 Å². The van der Waals surface area contributed by atoms with E-state index in [1.54, 1.807) is 0 Å². The molecule has 0 saturated carbocycles. The molecule has 4 nitrogen and oxygen atoms in total. The van der Waals surface area contributed by atoms with Crippen LogP contribution in [0.4, 0.5) is 4.39 Å². The van der Waals surface area contributed by atoms with Gasteiger partial charge < -0.3 is 9.84 Å². The van der Waals surface area contributed by atoms with Crippen LogP contribution in [0.25, 0.3) is 0 Å². The molecule has 0 aliphatic carbocycles. The number of benzene rings is 1. The van der Waals surface area contributed by atoms with Gasteiger partial charge in [0.25, 0.3) is 0 Å². The van der Waals surface area contributed by atoms with Crippen molar-refractivity contribution in [2.45, 2.75) is 25.5 Å². The Morgan fingerprint density at radius 1 is 1.47 bits per heavy atom. The van der Waals surface area contributed by atoms with Crippen LogP contribution in [-0.4, -0.2) is 42.3 Å². The summed E-state index contributed by atoms with van der Waals surface area (Å²) in [4.78, 5) is 13.5. The van der Waals surface area contributed by atoms with Gasteiger partial charge in [-0.3, -0.25) is 4.90 Å². The first-order valence-electron chi connectivity index (χ1n) is 6.37. The number of methoxy groups -OCH3 is 1. The monoisotopic (exact) mass is 267 g/mol. The summed E-state index contributed by atoms with van der Waals surface area (Å²) >= 11 is 0. The number of likely N-dealkylation sites (tertiary alicyclic amines) is 1. The summed E-state index contributed by atoms with van der Waals surface area (Å²) in [6.07, 6.45) is 1.17. The molecule has 0 radical (unpaired) electrons. The molecule has 104 valence electrons. The molecule has 1 fully saturated rings. The van der Waals surface area contributed by atoms with E-state index in [1.165, 1.54) is 25.3 Å². The van der Waals surface area contributed by atoms with Gasteiger partial charge in [0.1, 0.15) is 5.82 Å². The minimum absolute atomic E-state index is 0.248. The predicted octanol–water partition coefficient (Wildman–Crippen LogP) is 1.57. The molecule has 0 unspecified atom stereocenters. The van der Waals surface area contributed by atoms with Gasteiger partial charge in [-0.05, 0) is 31.0 Å². The maximum absolute atomic E-state index is 13.7. The van der Waals surface area contributed by atoms with Crippen LogP contribution in [0, 0.1) is 5.82 Å². The van der Waals surface area contributed by atoms with E-state index in [0.717, 1.165) is 13.1 Å². The number of esters is 1. The van der Waals surface area contributed by atoms with Crippen LogP contribution in [0.3, 0.4) is 0 Å². The molecule has 0 bridgehead atoms. The Bertz CT molecular complexity index is 456. The number of rotatable bonds is 3. The molecule has 1 heterocycles. The number of carbonyl (C=O) groups excluding carboxylic acids is 1. The number of ether oxygens (including phenoxy) is 1. The molecule has 2 rings (SSSR count). The van der Waals surface area contributed by atoms with Crippen LogP contribution >= 0.6 is 0 Å². The first kappa shape index (κ1) is 14.0. The lowest BCUT2D eigenvalue weighted by Crippen LogP contribution is -2.35. The molecule has 1 aromatic rings. The largest absolute Gasteiger partial charge is 0.465 e. The second-order valence-electron chi connectivity index (χ2n) is 4.81. The molecule has 1 aliphatic heterocycles. The third-order valence-corrected chi connectivity index (χ3v) is 3.42. The highest BCUT2D eigenvalue weighted by atomic mass is 19.1. The molecule has 0 spiro atoms. The molecule has 1 aliphatic rings. The van der Waals surface area contributed by atoms with Crippen LogP contribution in [0.1, 0.15) is 28.8 Å². The zero-order valence-corrected chi connectivity index (χ0v) is 10.9. The van der Waals surface area contributed by atoms with E-state index in [0.29, 0.717) is 30.5 Å². The number of aliphatic hydroxyl groups is 1. The molecule has 5 heteroatoms. The van der Waals surface area contributed by atoms with E-state index >= 15 is 0 Å². The van der Waals surface area contributed by atoms with Crippen molar-refractivity contribution < 1.29 is 19.0 Å². The topological polar surface area (TPSA) is 49.8 Å². The summed E-state index contributed by atoms with van der Waals surface area (Å²) in [6.45, 7) is 1.93. The van der Waals surface area contributed by atoms with Crippen LogP contribution in [0.15, 0.2) is 18.2 Å². The number of aliphatic hydroxyl groups excluding tert-OH is 1. The number of nitrogens with zero attached hydrogens (tertiary/aromatic N) is 1. The molecule has 1 aromatic carbocycles.